The van der Waals surface area contributed by atoms with Crippen LogP contribution in [0.15, 0.2) is 46.3 Å². The van der Waals surface area contributed by atoms with Crippen LogP contribution < -0.4 is 19.4 Å². The third-order valence-electron chi connectivity index (χ3n) is 4.33. The molecule has 1 heterocycles. The molecule has 9 nitrogen and oxygen atoms in total. The molecule has 0 aliphatic heterocycles. The number of carbonyl (C=O) groups is 1. The van der Waals surface area contributed by atoms with Crippen LogP contribution in [0.25, 0.3) is 10.2 Å². The molecular formula is C19H21N3O6S2. The number of hydrogen-bond donors (Lipinski definition) is 1. The first kappa shape index (κ1) is 22.0. The zero-order valence-electron chi connectivity index (χ0n) is 16.6. The number of aromatic nitrogens is 1. The fourth-order valence-corrected chi connectivity index (χ4v) is 4.63. The summed E-state index contributed by atoms with van der Waals surface area (Å²) in [5.41, 5.74) is 0.964. The third kappa shape index (κ3) is 4.38. The quantitative estimate of drug-likeness (QED) is 0.584. The summed E-state index contributed by atoms with van der Waals surface area (Å²) in [6.07, 6.45) is 0. The predicted molar refractivity (Wildman–Crippen MR) is 113 cm³/mol. The van der Waals surface area contributed by atoms with E-state index in [1.807, 2.05) is 0 Å². The number of methoxy groups -OCH3 is 3. The minimum atomic E-state index is -3.85. The van der Waals surface area contributed by atoms with Gasteiger partial charge in [0.05, 0.1) is 41.5 Å². The normalized spacial score (nSPS) is 12.3. The number of ether oxygens (including phenoxy) is 3. The summed E-state index contributed by atoms with van der Waals surface area (Å²) in [6.45, 7) is 0.805. The molecule has 0 aliphatic rings. The van der Waals surface area contributed by atoms with Gasteiger partial charge >= 0.3 is 0 Å². The molecule has 0 bridgehead atoms. The molecule has 0 spiro atoms. The van der Waals surface area contributed by atoms with E-state index in [-0.39, 0.29) is 16.2 Å². The van der Waals surface area contributed by atoms with Gasteiger partial charge in [0, 0.05) is 13.7 Å². The van der Waals surface area contributed by atoms with Crippen molar-refractivity contribution in [2.45, 2.75) is 11.4 Å². The number of amides is 1. The van der Waals surface area contributed by atoms with Crippen LogP contribution in [0.4, 0.5) is 0 Å². The maximum atomic E-state index is 12.9. The van der Waals surface area contributed by atoms with Crippen LogP contribution in [0, 0.1) is 0 Å². The molecular weight excluding hydrogens is 430 g/mol. The van der Waals surface area contributed by atoms with Crippen LogP contribution in [0.3, 0.4) is 0 Å². The van der Waals surface area contributed by atoms with Gasteiger partial charge in [-0.3, -0.25) is 4.79 Å². The van der Waals surface area contributed by atoms with Crippen LogP contribution in [0.2, 0.25) is 0 Å². The lowest BCUT2D eigenvalue weighted by molar-refractivity contribution is 0.0993. The molecule has 2 aromatic carbocycles. The number of para-hydroxylation sites is 1. The number of thiazole rings is 1. The van der Waals surface area contributed by atoms with Crippen LogP contribution in [-0.2, 0) is 21.3 Å². The molecule has 0 aliphatic carbocycles. The summed E-state index contributed by atoms with van der Waals surface area (Å²) in [5.74, 6) is 0.185. The van der Waals surface area contributed by atoms with E-state index in [0.717, 1.165) is 0 Å². The average molecular weight is 452 g/mol. The molecule has 11 heteroatoms. The van der Waals surface area contributed by atoms with Crippen molar-refractivity contribution in [2.75, 3.05) is 27.9 Å². The number of benzene rings is 2. The average Bonchev–Trinajstić information content (AvgIpc) is 3.06. The Morgan fingerprint density at radius 2 is 1.93 bits per heavy atom. The van der Waals surface area contributed by atoms with Gasteiger partial charge < -0.3 is 18.8 Å². The molecule has 2 N–H and O–H groups in total. The molecule has 0 saturated carbocycles. The summed E-state index contributed by atoms with van der Waals surface area (Å²) in [4.78, 5) is 17.6. The van der Waals surface area contributed by atoms with E-state index < -0.39 is 15.9 Å². The number of sulfonamides is 1. The molecule has 0 radical (unpaired) electrons. The Hall–Kier alpha value is -2.73. The number of hydrogen-bond acceptors (Lipinski definition) is 7. The Balaban J connectivity index is 2.18. The maximum Gasteiger partial charge on any atom is 0.283 e. The van der Waals surface area contributed by atoms with Crippen molar-refractivity contribution in [1.82, 2.24) is 4.57 Å². The second-order valence-electron chi connectivity index (χ2n) is 6.16. The lowest BCUT2D eigenvalue weighted by Gasteiger charge is -2.10. The molecule has 30 heavy (non-hydrogen) atoms. The Morgan fingerprint density at radius 1 is 1.17 bits per heavy atom. The number of fused-ring (bicyclic) bond motifs is 1. The fraction of sp³-hybridized carbons (Fsp3) is 0.263. The van der Waals surface area contributed by atoms with Crippen LogP contribution in [0.5, 0.6) is 11.5 Å². The van der Waals surface area contributed by atoms with E-state index in [9.17, 15) is 13.2 Å². The molecule has 3 aromatic rings. The molecule has 1 aromatic heterocycles. The maximum absolute atomic E-state index is 12.9. The van der Waals surface area contributed by atoms with Gasteiger partial charge in [0.1, 0.15) is 0 Å². The fourth-order valence-electron chi connectivity index (χ4n) is 2.92. The first-order valence-electron chi connectivity index (χ1n) is 8.75. The van der Waals surface area contributed by atoms with Gasteiger partial charge in [0.2, 0.25) is 10.0 Å². The highest BCUT2D eigenvalue weighted by Gasteiger charge is 2.17. The van der Waals surface area contributed by atoms with Crippen molar-refractivity contribution in [3.63, 3.8) is 0 Å². The van der Waals surface area contributed by atoms with Crippen LogP contribution in [0.1, 0.15) is 10.4 Å². The number of nitrogens with zero attached hydrogens (tertiary/aromatic N) is 2. The van der Waals surface area contributed by atoms with Gasteiger partial charge in [0.25, 0.3) is 5.91 Å². The minimum absolute atomic E-state index is 0.0116. The first-order valence-corrected chi connectivity index (χ1v) is 11.1. The van der Waals surface area contributed by atoms with Gasteiger partial charge in [-0.2, -0.15) is 4.99 Å². The Labute approximate surface area is 177 Å². The van der Waals surface area contributed by atoms with Gasteiger partial charge in [-0.25, -0.2) is 13.6 Å². The third-order valence-corrected chi connectivity index (χ3v) is 6.28. The van der Waals surface area contributed by atoms with Gasteiger partial charge in [-0.1, -0.05) is 17.4 Å². The summed E-state index contributed by atoms with van der Waals surface area (Å²) in [5, 5.41) is 5.24. The summed E-state index contributed by atoms with van der Waals surface area (Å²) < 4.78 is 41.5. The highest BCUT2D eigenvalue weighted by atomic mass is 32.2. The molecule has 0 atom stereocenters. The van der Waals surface area contributed by atoms with Crippen molar-refractivity contribution >= 4 is 37.5 Å². The van der Waals surface area contributed by atoms with Crippen molar-refractivity contribution in [3.05, 3.63) is 46.8 Å². The number of rotatable bonds is 7. The van der Waals surface area contributed by atoms with E-state index in [4.69, 9.17) is 19.3 Å². The van der Waals surface area contributed by atoms with E-state index in [2.05, 4.69) is 4.99 Å². The van der Waals surface area contributed by atoms with Gasteiger partial charge in [-0.05, 0) is 30.3 Å². The Bertz CT molecular complexity index is 1260. The topological polar surface area (TPSA) is 122 Å². The Kier molecular flexibility index (Phi) is 6.56. The predicted octanol–water partition coefficient (Wildman–Crippen LogP) is 1.75. The highest BCUT2D eigenvalue weighted by Crippen LogP contribution is 2.31. The summed E-state index contributed by atoms with van der Waals surface area (Å²) >= 11 is 1.18. The minimum Gasteiger partial charge on any atom is -0.493 e. The molecule has 0 saturated heterocycles. The second-order valence-corrected chi connectivity index (χ2v) is 8.73. The van der Waals surface area contributed by atoms with Crippen molar-refractivity contribution in [2.24, 2.45) is 10.1 Å². The summed E-state index contributed by atoms with van der Waals surface area (Å²) in [7, 11) is 0.643. The SMILES string of the molecule is COCCn1c(=NC(=O)c2cccc(OC)c2OC)sc2cc(S(N)(=O)=O)ccc21. The molecule has 0 unspecified atom stereocenters. The van der Waals surface area contributed by atoms with Gasteiger partial charge in [0.15, 0.2) is 16.3 Å². The molecule has 3 rings (SSSR count). The van der Waals surface area contributed by atoms with E-state index in [0.29, 0.717) is 33.9 Å². The van der Waals surface area contributed by atoms with Crippen molar-refractivity contribution in [1.29, 1.82) is 0 Å². The van der Waals surface area contributed by atoms with Gasteiger partial charge in [-0.15, -0.1) is 0 Å². The lowest BCUT2D eigenvalue weighted by atomic mass is 10.2. The lowest BCUT2D eigenvalue weighted by Crippen LogP contribution is -2.19. The van der Waals surface area contributed by atoms with E-state index in [1.165, 1.54) is 37.7 Å². The Morgan fingerprint density at radius 3 is 2.57 bits per heavy atom. The monoisotopic (exact) mass is 451 g/mol. The van der Waals surface area contributed by atoms with Crippen molar-refractivity contribution < 1.29 is 27.4 Å². The zero-order chi connectivity index (χ0) is 21.9. The number of carbonyl (C=O) groups excluding carboxylic acids is 1. The van der Waals surface area contributed by atoms with Crippen LogP contribution >= 0.6 is 11.3 Å². The smallest absolute Gasteiger partial charge is 0.283 e. The van der Waals surface area contributed by atoms with Crippen LogP contribution in [-0.4, -0.2) is 46.8 Å². The molecule has 0 fully saturated rings. The first-order chi connectivity index (χ1) is 14.3. The number of primary sulfonamides is 1. The van der Waals surface area contributed by atoms with Crippen molar-refractivity contribution in [3.8, 4) is 11.5 Å². The highest BCUT2D eigenvalue weighted by molar-refractivity contribution is 7.89. The largest absolute Gasteiger partial charge is 0.493 e. The summed E-state index contributed by atoms with van der Waals surface area (Å²) in [6, 6.07) is 9.48. The molecule has 160 valence electrons. The zero-order valence-corrected chi connectivity index (χ0v) is 18.2. The second kappa shape index (κ2) is 8.96. The standard InChI is InChI=1S/C19H21N3O6S2/c1-26-10-9-22-14-8-7-12(30(20,24)25)11-16(14)29-19(22)21-18(23)13-5-4-6-15(27-2)17(13)28-3/h4-8,11H,9-10H2,1-3H3,(H2,20,24,25). The van der Waals surface area contributed by atoms with E-state index in [1.54, 1.807) is 35.9 Å². The molecule has 1 amide bonds. The number of nitrogens with two attached hydrogens (primary N) is 1. The van der Waals surface area contributed by atoms with E-state index >= 15 is 0 Å².